The summed E-state index contributed by atoms with van der Waals surface area (Å²) in [5.74, 6) is 2.52. The lowest BCUT2D eigenvalue weighted by atomic mass is 10.0. The molecule has 2 fully saturated rings. The van der Waals surface area contributed by atoms with Gasteiger partial charge in [-0.15, -0.1) is 24.0 Å². The second kappa shape index (κ2) is 9.44. The van der Waals surface area contributed by atoms with E-state index in [1.165, 1.54) is 12.8 Å². The van der Waals surface area contributed by atoms with E-state index in [9.17, 15) is 8.42 Å². The molecule has 2 heterocycles. The second-order valence-corrected chi connectivity index (χ2v) is 9.31. The third kappa shape index (κ3) is 6.76. The zero-order valence-corrected chi connectivity index (χ0v) is 17.8. The first kappa shape index (κ1) is 21.0. The van der Waals surface area contributed by atoms with Crippen molar-refractivity contribution in [2.24, 2.45) is 16.8 Å². The molecular formula is C16H32IN3O2S. The van der Waals surface area contributed by atoms with Gasteiger partial charge in [0, 0.05) is 25.7 Å². The first-order valence-electron chi connectivity index (χ1n) is 8.66. The maximum atomic E-state index is 11.6. The smallest absolute Gasteiger partial charge is 0.194 e. The number of piperidine rings is 1. The van der Waals surface area contributed by atoms with E-state index < -0.39 is 9.84 Å². The summed E-state index contributed by atoms with van der Waals surface area (Å²) in [7, 11) is -2.81. The molecule has 1 N–H and O–H groups in total. The summed E-state index contributed by atoms with van der Waals surface area (Å²) < 4.78 is 23.2. The van der Waals surface area contributed by atoms with Crippen LogP contribution in [0.4, 0.5) is 0 Å². The molecule has 2 saturated heterocycles. The highest BCUT2D eigenvalue weighted by molar-refractivity contribution is 14.0. The molecule has 0 aromatic heterocycles. The van der Waals surface area contributed by atoms with Gasteiger partial charge in [0.2, 0.25) is 0 Å². The first-order valence-corrected chi connectivity index (χ1v) is 10.5. The summed E-state index contributed by atoms with van der Waals surface area (Å²) in [5, 5.41) is 3.53. The van der Waals surface area contributed by atoms with Crippen molar-refractivity contribution in [3.63, 3.8) is 0 Å². The molecular weight excluding hydrogens is 425 g/mol. The van der Waals surface area contributed by atoms with Gasteiger partial charge in [0.05, 0.1) is 11.5 Å². The number of aliphatic imine (C=N–C) groups is 1. The van der Waals surface area contributed by atoms with Gasteiger partial charge in [-0.25, -0.2) is 8.42 Å². The average molecular weight is 457 g/mol. The Balaban J connectivity index is 0.00000264. The van der Waals surface area contributed by atoms with Crippen molar-refractivity contribution in [2.45, 2.75) is 52.5 Å². The minimum absolute atomic E-state index is 0. The molecule has 0 aromatic rings. The van der Waals surface area contributed by atoms with E-state index in [4.69, 9.17) is 4.99 Å². The van der Waals surface area contributed by atoms with Crippen molar-refractivity contribution in [3.8, 4) is 0 Å². The van der Waals surface area contributed by atoms with Gasteiger partial charge in [0.1, 0.15) is 0 Å². The first-order chi connectivity index (χ1) is 10.4. The van der Waals surface area contributed by atoms with E-state index in [0.717, 1.165) is 31.9 Å². The summed E-state index contributed by atoms with van der Waals surface area (Å²) in [6.07, 6.45) is 4.31. The monoisotopic (exact) mass is 457 g/mol. The second-order valence-electron chi connectivity index (χ2n) is 7.08. The highest BCUT2D eigenvalue weighted by Crippen LogP contribution is 2.20. The molecule has 2 rings (SSSR count). The normalized spacial score (nSPS) is 29.0. The molecule has 23 heavy (non-hydrogen) atoms. The number of hydrogen-bond donors (Lipinski definition) is 1. The van der Waals surface area contributed by atoms with Crippen molar-refractivity contribution in [1.29, 1.82) is 0 Å². The van der Waals surface area contributed by atoms with Crippen LogP contribution >= 0.6 is 24.0 Å². The fourth-order valence-corrected chi connectivity index (χ4v) is 5.02. The topological polar surface area (TPSA) is 61.8 Å². The third-order valence-corrected chi connectivity index (χ3v) is 6.61. The maximum absolute atomic E-state index is 11.6. The molecule has 3 atom stereocenters. The molecule has 0 spiro atoms. The number of rotatable bonds is 4. The van der Waals surface area contributed by atoms with Crippen LogP contribution in [0.2, 0.25) is 0 Å². The number of nitrogens with zero attached hydrogens (tertiary/aromatic N) is 2. The van der Waals surface area contributed by atoms with Gasteiger partial charge in [-0.05, 0) is 44.4 Å². The SMILES string of the molecule is CCC(C)NC(=NCC1CCS(=O)(=O)C1)N1CCCC(C)C1.I. The van der Waals surface area contributed by atoms with E-state index in [0.29, 0.717) is 30.0 Å². The Labute approximate surface area is 158 Å². The Morgan fingerprint density at radius 3 is 2.70 bits per heavy atom. The number of nitrogens with one attached hydrogen (secondary N) is 1. The Bertz CT molecular complexity index is 496. The Kier molecular flexibility index (Phi) is 8.61. The zero-order chi connectivity index (χ0) is 16.2. The van der Waals surface area contributed by atoms with Crippen molar-refractivity contribution < 1.29 is 8.42 Å². The van der Waals surface area contributed by atoms with Gasteiger partial charge >= 0.3 is 0 Å². The highest BCUT2D eigenvalue weighted by atomic mass is 127. The Morgan fingerprint density at radius 1 is 1.39 bits per heavy atom. The lowest BCUT2D eigenvalue weighted by molar-refractivity contribution is 0.263. The van der Waals surface area contributed by atoms with Crippen LogP contribution in [-0.2, 0) is 9.84 Å². The highest BCUT2D eigenvalue weighted by Gasteiger charge is 2.28. The van der Waals surface area contributed by atoms with Crippen LogP contribution in [0.5, 0.6) is 0 Å². The van der Waals surface area contributed by atoms with Crippen molar-refractivity contribution in [3.05, 3.63) is 0 Å². The van der Waals surface area contributed by atoms with Crippen LogP contribution in [-0.4, -0.2) is 56.5 Å². The van der Waals surface area contributed by atoms with Crippen LogP contribution < -0.4 is 5.32 Å². The quantitative estimate of drug-likeness (QED) is 0.401. The fourth-order valence-electron chi connectivity index (χ4n) is 3.17. The van der Waals surface area contributed by atoms with Crippen LogP contribution in [0, 0.1) is 11.8 Å². The van der Waals surface area contributed by atoms with Crippen molar-refractivity contribution in [1.82, 2.24) is 10.2 Å². The summed E-state index contributed by atoms with van der Waals surface area (Å²) in [4.78, 5) is 7.14. The molecule has 0 radical (unpaired) electrons. The predicted molar refractivity (Wildman–Crippen MR) is 107 cm³/mol. The van der Waals surface area contributed by atoms with Gasteiger partial charge in [0.25, 0.3) is 0 Å². The Morgan fingerprint density at radius 2 is 2.13 bits per heavy atom. The number of likely N-dealkylation sites (tertiary alicyclic amines) is 1. The largest absolute Gasteiger partial charge is 0.354 e. The molecule has 136 valence electrons. The van der Waals surface area contributed by atoms with E-state index >= 15 is 0 Å². The van der Waals surface area contributed by atoms with Crippen LogP contribution in [0.15, 0.2) is 4.99 Å². The minimum Gasteiger partial charge on any atom is -0.354 e. The lowest BCUT2D eigenvalue weighted by Gasteiger charge is -2.35. The van der Waals surface area contributed by atoms with E-state index in [1.807, 2.05) is 0 Å². The summed E-state index contributed by atoms with van der Waals surface area (Å²) in [5.41, 5.74) is 0. The molecule has 2 aliphatic rings. The fraction of sp³-hybridized carbons (Fsp3) is 0.938. The molecule has 0 aromatic carbocycles. The van der Waals surface area contributed by atoms with Crippen LogP contribution in [0.3, 0.4) is 0 Å². The molecule has 5 nitrogen and oxygen atoms in total. The molecule has 2 aliphatic heterocycles. The van der Waals surface area contributed by atoms with Gasteiger partial charge in [-0.2, -0.15) is 0 Å². The summed E-state index contributed by atoms with van der Waals surface area (Å²) in [6.45, 7) is 9.35. The molecule has 0 saturated carbocycles. The standard InChI is InChI=1S/C16H31N3O2S.HI/c1-4-14(3)18-16(19-8-5-6-13(2)11-19)17-10-15-7-9-22(20,21)12-15;/h13-15H,4-12H2,1-3H3,(H,17,18);1H. The zero-order valence-electron chi connectivity index (χ0n) is 14.6. The van der Waals surface area contributed by atoms with E-state index in [-0.39, 0.29) is 29.9 Å². The predicted octanol–water partition coefficient (Wildman–Crippen LogP) is 2.52. The average Bonchev–Trinajstić information content (AvgIpc) is 2.82. The van der Waals surface area contributed by atoms with Gasteiger partial charge in [-0.3, -0.25) is 4.99 Å². The lowest BCUT2D eigenvalue weighted by Crippen LogP contribution is -2.49. The van der Waals surface area contributed by atoms with Gasteiger partial charge in [-0.1, -0.05) is 13.8 Å². The van der Waals surface area contributed by atoms with E-state index in [2.05, 4.69) is 31.0 Å². The van der Waals surface area contributed by atoms with Gasteiger partial charge < -0.3 is 10.2 Å². The third-order valence-electron chi connectivity index (χ3n) is 4.77. The van der Waals surface area contributed by atoms with Crippen LogP contribution in [0.1, 0.15) is 46.5 Å². The molecule has 0 amide bonds. The minimum atomic E-state index is -2.81. The number of hydrogen-bond acceptors (Lipinski definition) is 3. The number of halogens is 1. The van der Waals surface area contributed by atoms with Gasteiger partial charge in [0.15, 0.2) is 15.8 Å². The molecule has 3 unspecified atom stereocenters. The summed E-state index contributed by atoms with van der Waals surface area (Å²) >= 11 is 0. The van der Waals surface area contributed by atoms with Crippen molar-refractivity contribution in [2.75, 3.05) is 31.1 Å². The molecule has 0 bridgehead atoms. The molecule has 0 aliphatic carbocycles. The number of guanidine groups is 1. The summed E-state index contributed by atoms with van der Waals surface area (Å²) in [6, 6.07) is 0.392. The maximum Gasteiger partial charge on any atom is 0.194 e. The van der Waals surface area contributed by atoms with E-state index in [1.54, 1.807) is 0 Å². The Hall–Kier alpha value is -0.0500. The van der Waals surface area contributed by atoms with Crippen molar-refractivity contribution >= 4 is 39.8 Å². The number of sulfone groups is 1. The van der Waals surface area contributed by atoms with Crippen LogP contribution in [0.25, 0.3) is 0 Å². The molecule has 7 heteroatoms.